The molecule has 94 valence electrons. The van der Waals surface area contributed by atoms with E-state index < -0.39 is 17.4 Å². The number of hydrogen-bond acceptors (Lipinski definition) is 6. The fourth-order valence-electron chi connectivity index (χ4n) is 1.19. The highest BCUT2D eigenvalue weighted by atomic mass is 32.1. The van der Waals surface area contributed by atoms with Gasteiger partial charge in [0.05, 0.1) is 12.3 Å². The molecule has 0 bridgehead atoms. The Morgan fingerprint density at radius 3 is 2.65 bits per heavy atom. The normalized spacial score (nSPS) is 14.1. The maximum Gasteiger partial charge on any atom is 0.331 e. The van der Waals surface area contributed by atoms with Crippen LogP contribution in [0, 0.1) is 6.92 Å². The summed E-state index contributed by atoms with van der Waals surface area (Å²) < 4.78 is 8.41. The van der Waals surface area contributed by atoms with Crippen LogP contribution in [0.15, 0.2) is 0 Å². The fourth-order valence-corrected chi connectivity index (χ4v) is 1.74. The Morgan fingerprint density at radius 1 is 1.59 bits per heavy atom. The zero-order chi connectivity index (χ0) is 13.1. The first-order valence-corrected chi connectivity index (χ1v) is 5.52. The molecule has 1 aromatic rings. The predicted molar refractivity (Wildman–Crippen MR) is 60.0 cm³/mol. The molecule has 1 atom stereocenters. The van der Waals surface area contributed by atoms with Crippen LogP contribution in [0.4, 0.5) is 0 Å². The lowest BCUT2D eigenvalue weighted by Crippen LogP contribution is -2.55. The largest absolute Gasteiger partial charge is 0.479 e. The van der Waals surface area contributed by atoms with Gasteiger partial charge in [-0.1, -0.05) is 4.49 Å². The average Bonchev–Trinajstić information content (AvgIpc) is 2.64. The summed E-state index contributed by atoms with van der Waals surface area (Å²) in [6.07, 6.45) is 0. The van der Waals surface area contributed by atoms with E-state index in [2.05, 4.69) is 14.9 Å². The third kappa shape index (κ3) is 2.98. The number of carboxylic acid groups (broad SMARTS) is 1. The SMILES string of the molecule is COCC(C)(NC(=O)c1snnc1C)C(=O)O. The van der Waals surface area contributed by atoms with E-state index in [9.17, 15) is 9.59 Å². The van der Waals surface area contributed by atoms with Crippen LogP contribution in [0.2, 0.25) is 0 Å². The summed E-state index contributed by atoms with van der Waals surface area (Å²) >= 11 is 0.921. The molecule has 17 heavy (non-hydrogen) atoms. The number of nitrogens with zero attached hydrogens (tertiary/aromatic N) is 2. The highest BCUT2D eigenvalue weighted by Crippen LogP contribution is 2.12. The molecule has 0 fully saturated rings. The molecular weight excluding hydrogens is 246 g/mol. The molecule has 7 nitrogen and oxygen atoms in total. The molecule has 2 N–H and O–H groups in total. The molecule has 0 spiro atoms. The third-order valence-electron chi connectivity index (χ3n) is 2.15. The van der Waals surface area contributed by atoms with Gasteiger partial charge in [0.2, 0.25) is 0 Å². The van der Waals surface area contributed by atoms with Crippen molar-refractivity contribution in [1.29, 1.82) is 0 Å². The second-order valence-electron chi connectivity index (χ2n) is 3.71. The first-order valence-electron chi connectivity index (χ1n) is 4.74. The summed E-state index contributed by atoms with van der Waals surface area (Å²) in [6.45, 7) is 2.88. The lowest BCUT2D eigenvalue weighted by atomic mass is 10.0. The van der Waals surface area contributed by atoms with E-state index in [-0.39, 0.29) is 6.61 Å². The number of aromatic nitrogens is 2. The number of aliphatic carboxylic acids is 1. The number of amides is 1. The minimum Gasteiger partial charge on any atom is -0.479 e. The number of methoxy groups -OCH3 is 1. The second kappa shape index (κ2) is 5.19. The van der Waals surface area contributed by atoms with Gasteiger partial charge in [-0.3, -0.25) is 4.79 Å². The zero-order valence-electron chi connectivity index (χ0n) is 9.68. The van der Waals surface area contributed by atoms with Crippen molar-refractivity contribution in [2.45, 2.75) is 19.4 Å². The standard InChI is InChI=1S/C9H13N3O4S/c1-5-6(17-12-11-5)7(13)10-9(2,4-16-3)8(14)15/h4H2,1-3H3,(H,10,13)(H,14,15). The van der Waals surface area contributed by atoms with Crippen LogP contribution in [-0.2, 0) is 9.53 Å². The topological polar surface area (TPSA) is 101 Å². The molecule has 1 unspecified atom stereocenters. The molecular formula is C9H13N3O4S. The Balaban J connectivity index is 2.85. The molecule has 1 amide bonds. The van der Waals surface area contributed by atoms with Crippen molar-refractivity contribution in [3.63, 3.8) is 0 Å². The number of hydrogen-bond donors (Lipinski definition) is 2. The van der Waals surface area contributed by atoms with Crippen LogP contribution in [0.25, 0.3) is 0 Å². The predicted octanol–water partition coefficient (Wildman–Crippen LogP) is 0.0660. The van der Waals surface area contributed by atoms with Gasteiger partial charge < -0.3 is 15.2 Å². The maximum absolute atomic E-state index is 11.8. The first-order chi connectivity index (χ1) is 7.90. The molecule has 0 saturated heterocycles. The number of carbonyl (C=O) groups excluding carboxylic acids is 1. The Hall–Kier alpha value is -1.54. The van der Waals surface area contributed by atoms with Crippen LogP contribution < -0.4 is 5.32 Å². The van der Waals surface area contributed by atoms with Crippen LogP contribution in [0.1, 0.15) is 22.3 Å². The van der Waals surface area contributed by atoms with E-state index in [0.29, 0.717) is 10.6 Å². The van der Waals surface area contributed by atoms with Crippen molar-refractivity contribution < 1.29 is 19.4 Å². The number of ether oxygens (including phenoxy) is 1. The van der Waals surface area contributed by atoms with E-state index in [0.717, 1.165) is 11.5 Å². The summed E-state index contributed by atoms with van der Waals surface area (Å²) in [7, 11) is 1.37. The minimum absolute atomic E-state index is 0.126. The van der Waals surface area contributed by atoms with Gasteiger partial charge in [0.1, 0.15) is 4.88 Å². The summed E-state index contributed by atoms with van der Waals surface area (Å²) in [5.74, 6) is -1.68. The Morgan fingerprint density at radius 2 is 2.24 bits per heavy atom. The second-order valence-corrected chi connectivity index (χ2v) is 4.47. The molecule has 1 rings (SSSR count). The van der Waals surface area contributed by atoms with Crippen molar-refractivity contribution in [1.82, 2.24) is 14.9 Å². The van der Waals surface area contributed by atoms with Gasteiger partial charge in [0, 0.05) is 7.11 Å². The van der Waals surface area contributed by atoms with Crippen molar-refractivity contribution in [3.05, 3.63) is 10.6 Å². The molecule has 1 heterocycles. The van der Waals surface area contributed by atoms with Gasteiger partial charge in [0.15, 0.2) is 5.54 Å². The molecule has 8 heteroatoms. The van der Waals surface area contributed by atoms with Crippen molar-refractivity contribution in [3.8, 4) is 0 Å². The maximum atomic E-state index is 11.8. The highest BCUT2D eigenvalue weighted by molar-refractivity contribution is 7.08. The summed E-state index contributed by atoms with van der Waals surface area (Å²) in [5, 5.41) is 15.1. The van der Waals surface area contributed by atoms with Gasteiger partial charge in [-0.05, 0) is 25.4 Å². The summed E-state index contributed by atoms with van der Waals surface area (Å²) in [4.78, 5) is 23.2. The molecule has 0 radical (unpaired) electrons. The molecule has 0 aliphatic carbocycles. The van der Waals surface area contributed by atoms with Crippen molar-refractivity contribution in [2.24, 2.45) is 0 Å². The molecule has 0 aromatic carbocycles. The van der Waals surface area contributed by atoms with Gasteiger partial charge in [-0.2, -0.15) is 0 Å². The Labute approximate surface area is 102 Å². The van der Waals surface area contributed by atoms with Crippen molar-refractivity contribution in [2.75, 3.05) is 13.7 Å². The number of carboxylic acids is 1. The van der Waals surface area contributed by atoms with Gasteiger partial charge >= 0.3 is 5.97 Å². The van der Waals surface area contributed by atoms with E-state index in [4.69, 9.17) is 9.84 Å². The zero-order valence-corrected chi connectivity index (χ0v) is 10.5. The quantitative estimate of drug-likeness (QED) is 0.775. The van der Waals surface area contributed by atoms with Crippen LogP contribution in [0.5, 0.6) is 0 Å². The van der Waals surface area contributed by atoms with E-state index in [1.54, 1.807) is 6.92 Å². The molecule has 0 aliphatic heterocycles. The van der Waals surface area contributed by atoms with E-state index in [1.807, 2.05) is 0 Å². The van der Waals surface area contributed by atoms with Crippen LogP contribution in [0.3, 0.4) is 0 Å². The van der Waals surface area contributed by atoms with Gasteiger partial charge in [-0.25, -0.2) is 4.79 Å². The van der Waals surface area contributed by atoms with E-state index >= 15 is 0 Å². The highest BCUT2D eigenvalue weighted by Gasteiger charge is 2.36. The molecule has 1 aromatic heterocycles. The Kier molecular flexibility index (Phi) is 4.13. The lowest BCUT2D eigenvalue weighted by Gasteiger charge is -2.24. The van der Waals surface area contributed by atoms with Crippen LogP contribution >= 0.6 is 11.5 Å². The van der Waals surface area contributed by atoms with E-state index in [1.165, 1.54) is 14.0 Å². The monoisotopic (exact) mass is 259 g/mol. The smallest absolute Gasteiger partial charge is 0.331 e. The van der Waals surface area contributed by atoms with Gasteiger partial charge in [-0.15, -0.1) is 5.10 Å². The Bertz CT molecular complexity index is 434. The number of rotatable bonds is 5. The van der Waals surface area contributed by atoms with Gasteiger partial charge in [0.25, 0.3) is 5.91 Å². The number of aryl methyl sites for hydroxylation is 1. The molecule has 0 aliphatic rings. The fraction of sp³-hybridized carbons (Fsp3) is 0.556. The summed E-state index contributed by atoms with van der Waals surface area (Å²) in [5.41, 5.74) is -1.000. The minimum atomic E-state index is -1.47. The number of carbonyl (C=O) groups is 2. The molecule has 0 saturated carbocycles. The average molecular weight is 259 g/mol. The van der Waals surface area contributed by atoms with Crippen LogP contribution in [-0.4, -0.2) is 45.8 Å². The summed E-state index contributed by atoms with van der Waals surface area (Å²) in [6, 6.07) is 0. The lowest BCUT2D eigenvalue weighted by molar-refractivity contribution is -0.145. The van der Waals surface area contributed by atoms with Crippen molar-refractivity contribution >= 4 is 23.4 Å². The third-order valence-corrected chi connectivity index (χ3v) is 2.98. The number of nitrogens with one attached hydrogen (secondary N) is 1. The first kappa shape index (κ1) is 13.5.